The second kappa shape index (κ2) is 5.98. The molecule has 0 aliphatic heterocycles. The zero-order valence-corrected chi connectivity index (χ0v) is 13.8. The largest absolute Gasteiger partial charge is 0.347 e. The van der Waals surface area contributed by atoms with Gasteiger partial charge in [0.15, 0.2) is 5.43 Å². The van der Waals surface area contributed by atoms with Gasteiger partial charge in [0.1, 0.15) is 11.2 Å². The third-order valence-corrected chi connectivity index (χ3v) is 3.89. The number of aromatic amines is 1. The number of hydrogen-bond acceptors (Lipinski definition) is 3. The van der Waals surface area contributed by atoms with Crippen LogP contribution >= 0.6 is 11.6 Å². The SMILES string of the molecule is CN(C)C(=O)c1cc2c(=O)cc[nH]c2n(-c2ccc(Cl)cc2)c1=O. The number of aromatic nitrogens is 2. The van der Waals surface area contributed by atoms with Crippen LogP contribution in [0, 0.1) is 0 Å². The molecule has 24 heavy (non-hydrogen) atoms. The third kappa shape index (κ3) is 2.61. The molecule has 3 aromatic rings. The second-order valence-electron chi connectivity index (χ2n) is 5.48. The highest BCUT2D eigenvalue weighted by Crippen LogP contribution is 2.16. The first-order chi connectivity index (χ1) is 11.4. The lowest BCUT2D eigenvalue weighted by molar-refractivity contribution is 0.0826. The standard InChI is InChI=1S/C17H14ClN3O3/c1-20(2)16(23)13-9-12-14(22)7-8-19-15(12)21(17(13)24)11-5-3-10(18)4-6-11/h3-9H,1-2H3,(H,19,22). The van der Waals surface area contributed by atoms with E-state index in [-0.39, 0.29) is 16.4 Å². The molecule has 0 aliphatic carbocycles. The van der Waals surface area contributed by atoms with Crippen LogP contribution in [-0.2, 0) is 0 Å². The minimum atomic E-state index is -0.509. The van der Waals surface area contributed by atoms with E-state index in [4.69, 9.17) is 11.6 Å². The number of nitrogens with zero attached hydrogens (tertiary/aromatic N) is 2. The smallest absolute Gasteiger partial charge is 0.269 e. The maximum atomic E-state index is 12.9. The molecular weight excluding hydrogens is 330 g/mol. The number of benzene rings is 1. The Balaban J connectivity index is 2.46. The molecule has 1 amide bonds. The minimum absolute atomic E-state index is 0.0702. The van der Waals surface area contributed by atoms with Crippen LogP contribution in [0.5, 0.6) is 0 Å². The van der Waals surface area contributed by atoms with E-state index >= 15 is 0 Å². The Morgan fingerprint density at radius 3 is 2.42 bits per heavy atom. The van der Waals surface area contributed by atoms with E-state index < -0.39 is 11.5 Å². The minimum Gasteiger partial charge on any atom is -0.347 e. The first-order valence-corrected chi connectivity index (χ1v) is 7.53. The summed E-state index contributed by atoms with van der Waals surface area (Å²) in [5.41, 5.74) is -0.0291. The topological polar surface area (TPSA) is 75.2 Å². The average molecular weight is 344 g/mol. The summed E-state index contributed by atoms with van der Waals surface area (Å²) in [6.45, 7) is 0. The van der Waals surface area contributed by atoms with Crippen molar-refractivity contribution in [3.8, 4) is 5.69 Å². The maximum Gasteiger partial charge on any atom is 0.269 e. The van der Waals surface area contributed by atoms with Crippen LogP contribution in [0.3, 0.4) is 0 Å². The van der Waals surface area contributed by atoms with Crippen molar-refractivity contribution in [3.05, 3.63) is 73.8 Å². The highest BCUT2D eigenvalue weighted by atomic mass is 35.5. The molecule has 0 saturated carbocycles. The third-order valence-electron chi connectivity index (χ3n) is 3.64. The van der Waals surface area contributed by atoms with Crippen molar-refractivity contribution >= 4 is 28.5 Å². The van der Waals surface area contributed by atoms with Crippen LogP contribution in [0.1, 0.15) is 10.4 Å². The molecule has 1 N–H and O–H groups in total. The van der Waals surface area contributed by atoms with Gasteiger partial charge in [-0.3, -0.25) is 19.0 Å². The van der Waals surface area contributed by atoms with Gasteiger partial charge in [-0.2, -0.15) is 0 Å². The number of amides is 1. The Labute approximate surface area is 141 Å². The molecule has 0 saturated heterocycles. The van der Waals surface area contributed by atoms with Gasteiger partial charge in [-0.1, -0.05) is 11.6 Å². The molecule has 0 bridgehead atoms. The molecule has 0 aliphatic rings. The van der Waals surface area contributed by atoms with Crippen molar-refractivity contribution in [1.29, 1.82) is 0 Å². The van der Waals surface area contributed by atoms with Crippen molar-refractivity contribution in [2.24, 2.45) is 0 Å². The first-order valence-electron chi connectivity index (χ1n) is 7.15. The summed E-state index contributed by atoms with van der Waals surface area (Å²) in [6, 6.07) is 9.26. The lowest BCUT2D eigenvalue weighted by Crippen LogP contribution is -2.33. The van der Waals surface area contributed by atoms with Gasteiger partial charge in [0.25, 0.3) is 11.5 Å². The van der Waals surface area contributed by atoms with Crippen molar-refractivity contribution < 1.29 is 4.79 Å². The van der Waals surface area contributed by atoms with E-state index in [0.29, 0.717) is 16.4 Å². The van der Waals surface area contributed by atoms with E-state index in [1.165, 1.54) is 27.8 Å². The van der Waals surface area contributed by atoms with Crippen LogP contribution < -0.4 is 11.0 Å². The van der Waals surface area contributed by atoms with Gasteiger partial charge in [0.2, 0.25) is 0 Å². The van der Waals surface area contributed by atoms with Gasteiger partial charge in [0.05, 0.1) is 11.1 Å². The quantitative estimate of drug-likeness (QED) is 0.773. The highest BCUT2D eigenvalue weighted by Gasteiger charge is 2.19. The predicted molar refractivity (Wildman–Crippen MR) is 93.2 cm³/mol. The van der Waals surface area contributed by atoms with E-state index in [9.17, 15) is 14.4 Å². The second-order valence-corrected chi connectivity index (χ2v) is 5.92. The number of pyridine rings is 2. The summed E-state index contributed by atoms with van der Waals surface area (Å²) in [7, 11) is 3.10. The van der Waals surface area contributed by atoms with Crippen LogP contribution in [0.25, 0.3) is 16.7 Å². The van der Waals surface area contributed by atoms with E-state index in [1.54, 1.807) is 38.4 Å². The molecular formula is C17H14ClN3O3. The number of carbonyl (C=O) groups excluding carboxylic acids is 1. The fourth-order valence-electron chi connectivity index (χ4n) is 2.46. The lowest BCUT2D eigenvalue weighted by Gasteiger charge is -2.14. The molecule has 6 nitrogen and oxygen atoms in total. The number of carbonyl (C=O) groups is 1. The van der Waals surface area contributed by atoms with Gasteiger partial charge in [-0.15, -0.1) is 0 Å². The van der Waals surface area contributed by atoms with Crippen LogP contribution in [0.2, 0.25) is 5.02 Å². The Morgan fingerprint density at radius 2 is 1.79 bits per heavy atom. The Kier molecular flexibility index (Phi) is 3.99. The number of H-pyrrole nitrogens is 1. The monoisotopic (exact) mass is 343 g/mol. The van der Waals surface area contributed by atoms with E-state index in [1.807, 2.05) is 0 Å². The number of nitrogens with one attached hydrogen (secondary N) is 1. The summed E-state index contributed by atoms with van der Waals surface area (Å²) >= 11 is 5.90. The number of hydrogen-bond donors (Lipinski definition) is 1. The molecule has 0 spiro atoms. The molecule has 2 aromatic heterocycles. The van der Waals surface area contributed by atoms with E-state index in [0.717, 1.165) is 0 Å². The van der Waals surface area contributed by atoms with Gasteiger partial charge in [-0.25, -0.2) is 0 Å². The summed E-state index contributed by atoms with van der Waals surface area (Å²) in [5.74, 6) is -0.465. The van der Waals surface area contributed by atoms with Gasteiger partial charge >= 0.3 is 0 Å². The van der Waals surface area contributed by atoms with Gasteiger partial charge < -0.3 is 9.88 Å². The zero-order valence-electron chi connectivity index (χ0n) is 13.0. The Morgan fingerprint density at radius 1 is 1.12 bits per heavy atom. The Bertz CT molecular complexity index is 1050. The van der Waals surface area contributed by atoms with E-state index in [2.05, 4.69) is 4.98 Å². The maximum absolute atomic E-state index is 12.9. The normalized spacial score (nSPS) is 10.8. The fraction of sp³-hybridized carbons (Fsp3) is 0.118. The van der Waals surface area contributed by atoms with Crippen LogP contribution in [0.4, 0.5) is 0 Å². The zero-order chi connectivity index (χ0) is 17.4. The molecule has 0 radical (unpaired) electrons. The molecule has 1 aromatic carbocycles. The molecule has 2 heterocycles. The summed E-state index contributed by atoms with van der Waals surface area (Å²) in [4.78, 5) is 41.6. The summed E-state index contributed by atoms with van der Waals surface area (Å²) in [6.07, 6.45) is 1.46. The number of halogens is 1. The molecule has 7 heteroatoms. The first kappa shape index (κ1) is 16.0. The van der Waals surface area contributed by atoms with Crippen LogP contribution in [0.15, 0.2) is 52.2 Å². The summed E-state index contributed by atoms with van der Waals surface area (Å²) < 4.78 is 1.31. The molecule has 122 valence electrons. The van der Waals surface area contributed by atoms with Crippen molar-refractivity contribution in [2.75, 3.05) is 14.1 Å². The predicted octanol–water partition coefficient (Wildman–Crippen LogP) is 2.03. The van der Waals surface area contributed by atoms with Crippen LogP contribution in [-0.4, -0.2) is 34.5 Å². The van der Waals surface area contributed by atoms with Gasteiger partial charge in [0, 0.05) is 31.4 Å². The van der Waals surface area contributed by atoms with Gasteiger partial charge in [-0.05, 0) is 30.3 Å². The number of rotatable bonds is 2. The van der Waals surface area contributed by atoms with Crippen molar-refractivity contribution in [1.82, 2.24) is 14.5 Å². The van der Waals surface area contributed by atoms with Crippen molar-refractivity contribution in [3.63, 3.8) is 0 Å². The number of fused-ring (bicyclic) bond motifs is 1. The summed E-state index contributed by atoms with van der Waals surface area (Å²) in [5, 5.41) is 0.780. The molecule has 0 fully saturated rings. The molecule has 0 unspecified atom stereocenters. The molecule has 3 rings (SSSR count). The Hall–Kier alpha value is -2.86. The van der Waals surface area contributed by atoms with Crippen molar-refractivity contribution in [2.45, 2.75) is 0 Å². The molecule has 0 atom stereocenters. The average Bonchev–Trinajstić information content (AvgIpc) is 2.55. The highest BCUT2D eigenvalue weighted by molar-refractivity contribution is 6.30. The fourth-order valence-corrected chi connectivity index (χ4v) is 2.59. The lowest BCUT2D eigenvalue weighted by atomic mass is 10.1.